The van der Waals surface area contributed by atoms with Crippen LogP contribution >= 0.6 is 0 Å². The van der Waals surface area contributed by atoms with E-state index in [-0.39, 0.29) is 18.5 Å². The Balaban J connectivity index is 1.74. The molecule has 1 amide bonds. The lowest BCUT2D eigenvalue weighted by Gasteiger charge is -2.33. The Morgan fingerprint density at radius 3 is 2.76 bits per heavy atom. The van der Waals surface area contributed by atoms with E-state index in [0.29, 0.717) is 45.8 Å². The van der Waals surface area contributed by atoms with Crippen molar-refractivity contribution in [2.24, 2.45) is 0 Å². The van der Waals surface area contributed by atoms with Gasteiger partial charge in [-0.2, -0.15) is 0 Å². The minimum atomic E-state index is -0.816. The van der Waals surface area contributed by atoms with Gasteiger partial charge in [-0.05, 0) is 0 Å². The first-order chi connectivity index (χ1) is 8.20. The molecule has 6 nitrogen and oxygen atoms in total. The Morgan fingerprint density at radius 1 is 1.35 bits per heavy atom. The van der Waals surface area contributed by atoms with Crippen molar-refractivity contribution in [1.82, 2.24) is 10.6 Å². The number of morpholine rings is 1. The maximum absolute atomic E-state index is 11.8. The summed E-state index contributed by atoms with van der Waals surface area (Å²) in [7, 11) is 0. The Morgan fingerprint density at radius 2 is 2.12 bits per heavy atom. The second kappa shape index (κ2) is 5.77. The van der Waals surface area contributed by atoms with Crippen LogP contribution in [0.1, 0.15) is 12.8 Å². The largest absolute Gasteiger partial charge is 0.388 e. The van der Waals surface area contributed by atoms with E-state index in [1.54, 1.807) is 0 Å². The van der Waals surface area contributed by atoms with E-state index in [1.165, 1.54) is 0 Å². The van der Waals surface area contributed by atoms with E-state index in [1.807, 2.05) is 0 Å². The first-order valence-electron chi connectivity index (χ1n) is 6.09. The normalized spacial score (nSPS) is 28.6. The Kier molecular flexibility index (Phi) is 4.33. The fraction of sp³-hybridized carbons (Fsp3) is 0.909. The van der Waals surface area contributed by atoms with Crippen LogP contribution in [0.5, 0.6) is 0 Å². The summed E-state index contributed by atoms with van der Waals surface area (Å²) in [5.41, 5.74) is -0.816. The number of nitrogens with one attached hydrogen (secondary N) is 2. The zero-order chi connectivity index (χ0) is 12.1. The zero-order valence-electron chi connectivity index (χ0n) is 9.91. The van der Waals surface area contributed by atoms with Crippen LogP contribution in [0, 0.1) is 0 Å². The molecule has 3 N–H and O–H groups in total. The molecule has 2 heterocycles. The summed E-state index contributed by atoms with van der Waals surface area (Å²) < 4.78 is 10.4. The van der Waals surface area contributed by atoms with Crippen LogP contribution in [0.4, 0.5) is 0 Å². The van der Waals surface area contributed by atoms with E-state index in [2.05, 4.69) is 10.6 Å². The molecule has 98 valence electrons. The minimum absolute atomic E-state index is 0.107. The molecule has 2 aliphatic heterocycles. The molecule has 0 aromatic carbocycles. The zero-order valence-corrected chi connectivity index (χ0v) is 9.91. The second-order valence-corrected chi connectivity index (χ2v) is 4.64. The molecule has 1 atom stereocenters. The van der Waals surface area contributed by atoms with Gasteiger partial charge in [-0.15, -0.1) is 0 Å². The lowest BCUT2D eigenvalue weighted by molar-refractivity contribution is -0.128. The SMILES string of the molecule is O=C(NCC1(O)CCOCC1)C1COCCN1. The van der Waals surface area contributed by atoms with Gasteiger partial charge in [-0.1, -0.05) is 0 Å². The summed E-state index contributed by atoms with van der Waals surface area (Å²) in [6.07, 6.45) is 1.14. The third kappa shape index (κ3) is 3.64. The summed E-state index contributed by atoms with van der Waals surface area (Å²) in [6, 6.07) is -0.299. The number of aliphatic hydroxyl groups is 1. The van der Waals surface area contributed by atoms with Crippen molar-refractivity contribution < 1.29 is 19.4 Å². The number of carbonyl (C=O) groups is 1. The van der Waals surface area contributed by atoms with Gasteiger partial charge < -0.3 is 25.2 Å². The quantitative estimate of drug-likeness (QED) is 0.571. The van der Waals surface area contributed by atoms with Crippen LogP contribution in [0.15, 0.2) is 0 Å². The lowest BCUT2D eigenvalue weighted by atomic mass is 9.94. The number of amides is 1. The third-order valence-electron chi connectivity index (χ3n) is 3.25. The van der Waals surface area contributed by atoms with Gasteiger partial charge in [0.2, 0.25) is 5.91 Å². The number of carbonyl (C=O) groups excluding carboxylic acids is 1. The fourth-order valence-corrected chi connectivity index (χ4v) is 2.04. The first kappa shape index (κ1) is 12.8. The molecule has 0 aromatic rings. The second-order valence-electron chi connectivity index (χ2n) is 4.64. The number of hydrogen-bond acceptors (Lipinski definition) is 5. The fourth-order valence-electron chi connectivity index (χ4n) is 2.04. The van der Waals surface area contributed by atoms with E-state index in [9.17, 15) is 9.90 Å². The number of rotatable bonds is 3. The smallest absolute Gasteiger partial charge is 0.239 e. The molecule has 0 spiro atoms. The summed E-state index contributed by atoms with van der Waals surface area (Å²) >= 11 is 0. The summed E-state index contributed by atoms with van der Waals surface area (Å²) in [5.74, 6) is -0.107. The van der Waals surface area contributed by atoms with Gasteiger partial charge in [0.05, 0.1) is 18.8 Å². The average molecular weight is 244 g/mol. The molecule has 0 saturated carbocycles. The van der Waals surface area contributed by atoms with Gasteiger partial charge in [-0.25, -0.2) is 0 Å². The predicted molar refractivity (Wildman–Crippen MR) is 60.6 cm³/mol. The Hall–Kier alpha value is -0.690. The molecule has 2 aliphatic rings. The summed E-state index contributed by atoms with van der Waals surface area (Å²) in [5, 5.41) is 16.0. The van der Waals surface area contributed by atoms with E-state index < -0.39 is 5.60 Å². The van der Waals surface area contributed by atoms with E-state index >= 15 is 0 Å². The monoisotopic (exact) mass is 244 g/mol. The summed E-state index contributed by atoms with van der Waals surface area (Å²) in [6.45, 7) is 3.12. The van der Waals surface area contributed by atoms with Crippen molar-refractivity contribution in [3.05, 3.63) is 0 Å². The molecule has 17 heavy (non-hydrogen) atoms. The topological polar surface area (TPSA) is 79.8 Å². The molecule has 2 fully saturated rings. The van der Waals surface area contributed by atoms with Gasteiger partial charge in [0.15, 0.2) is 0 Å². The van der Waals surface area contributed by atoms with Crippen LogP contribution in [0.25, 0.3) is 0 Å². The van der Waals surface area contributed by atoms with Crippen molar-refractivity contribution >= 4 is 5.91 Å². The van der Waals surface area contributed by atoms with E-state index in [4.69, 9.17) is 9.47 Å². The van der Waals surface area contributed by atoms with Crippen LogP contribution in [-0.4, -0.2) is 62.2 Å². The van der Waals surface area contributed by atoms with Crippen LogP contribution < -0.4 is 10.6 Å². The molecule has 0 bridgehead atoms. The van der Waals surface area contributed by atoms with Gasteiger partial charge >= 0.3 is 0 Å². The van der Waals surface area contributed by atoms with Crippen molar-refractivity contribution in [1.29, 1.82) is 0 Å². The molecule has 0 aliphatic carbocycles. The highest BCUT2D eigenvalue weighted by molar-refractivity contribution is 5.82. The lowest BCUT2D eigenvalue weighted by Crippen LogP contribution is -2.54. The molecule has 2 rings (SSSR count). The summed E-state index contributed by atoms with van der Waals surface area (Å²) in [4.78, 5) is 11.8. The molecule has 2 saturated heterocycles. The molecule has 0 radical (unpaired) electrons. The molecule has 0 aromatic heterocycles. The van der Waals surface area contributed by atoms with Gasteiger partial charge in [0.25, 0.3) is 0 Å². The predicted octanol–water partition coefficient (Wildman–Crippen LogP) is -1.37. The van der Waals surface area contributed by atoms with Gasteiger partial charge in [-0.3, -0.25) is 4.79 Å². The Labute approximate surface area is 101 Å². The molecule has 1 unspecified atom stereocenters. The van der Waals surface area contributed by atoms with Crippen molar-refractivity contribution in [3.63, 3.8) is 0 Å². The average Bonchev–Trinajstić information content (AvgIpc) is 2.38. The third-order valence-corrected chi connectivity index (χ3v) is 3.25. The van der Waals surface area contributed by atoms with Gasteiger partial charge in [0, 0.05) is 39.1 Å². The van der Waals surface area contributed by atoms with Crippen LogP contribution in [-0.2, 0) is 14.3 Å². The van der Waals surface area contributed by atoms with E-state index in [0.717, 1.165) is 0 Å². The number of hydrogen-bond donors (Lipinski definition) is 3. The van der Waals surface area contributed by atoms with Crippen molar-refractivity contribution in [2.75, 3.05) is 39.5 Å². The highest BCUT2D eigenvalue weighted by Gasteiger charge is 2.31. The first-order valence-corrected chi connectivity index (χ1v) is 6.09. The number of ether oxygens (including phenoxy) is 2. The standard InChI is InChI=1S/C11H20N2O4/c14-10(9-7-17-6-3-12-9)13-8-11(15)1-4-16-5-2-11/h9,12,15H,1-8H2,(H,13,14). The van der Waals surface area contributed by atoms with Crippen LogP contribution in [0.3, 0.4) is 0 Å². The van der Waals surface area contributed by atoms with Crippen LogP contribution in [0.2, 0.25) is 0 Å². The van der Waals surface area contributed by atoms with Crippen molar-refractivity contribution in [3.8, 4) is 0 Å². The highest BCUT2D eigenvalue weighted by Crippen LogP contribution is 2.19. The van der Waals surface area contributed by atoms with Crippen molar-refractivity contribution in [2.45, 2.75) is 24.5 Å². The minimum Gasteiger partial charge on any atom is -0.388 e. The highest BCUT2D eigenvalue weighted by atomic mass is 16.5. The molecule has 6 heteroatoms. The van der Waals surface area contributed by atoms with Gasteiger partial charge in [0.1, 0.15) is 6.04 Å². The maximum atomic E-state index is 11.8. The molecular weight excluding hydrogens is 224 g/mol. The maximum Gasteiger partial charge on any atom is 0.239 e. The Bertz CT molecular complexity index is 260. The molecular formula is C11H20N2O4.